The fourth-order valence-corrected chi connectivity index (χ4v) is 5.95. The van der Waals surface area contributed by atoms with Crippen LogP contribution in [0, 0.1) is 0 Å². The Labute approximate surface area is 210 Å². The molecule has 9 heteroatoms. The topological polar surface area (TPSA) is 54.9 Å². The first-order valence-corrected chi connectivity index (χ1v) is 13.5. The Balaban J connectivity index is 1.07. The maximum atomic E-state index is 12.8. The third-order valence-electron chi connectivity index (χ3n) is 5.71. The number of hydrogen-bond donors (Lipinski definition) is 0. The summed E-state index contributed by atoms with van der Waals surface area (Å²) in [5.41, 5.74) is 3.33. The van der Waals surface area contributed by atoms with Crippen LogP contribution in [0.1, 0.15) is 16.8 Å². The monoisotopic (exact) mass is 545 g/mol. The van der Waals surface area contributed by atoms with Crippen molar-refractivity contribution in [2.45, 2.75) is 23.1 Å². The van der Waals surface area contributed by atoms with Crippen LogP contribution >= 0.6 is 39.0 Å². The van der Waals surface area contributed by atoms with Crippen molar-refractivity contribution >= 4 is 44.9 Å². The van der Waals surface area contributed by atoms with Gasteiger partial charge in [-0.15, -0.1) is 11.3 Å². The average Bonchev–Trinajstić information content (AvgIpc) is 3.48. The van der Waals surface area contributed by atoms with Gasteiger partial charge in [0, 0.05) is 48.3 Å². The second kappa shape index (κ2) is 10.5. The molecule has 2 aromatic carbocycles. The van der Waals surface area contributed by atoms with Gasteiger partial charge in [-0.05, 0) is 35.4 Å². The molecule has 2 aliphatic heterocycles. The minimum atomic E-state index is 0.160. The van der Waals surface area contributed by atoms with Crippen LogP contribution in [0.4, 0.5) is 0 Å². The molecule has 3 heterocycles. The van der Waals surface area contributed by atoms with Crippen LogP contribution < -0.4 is 9.47 Å². The first-order chi connectivity index (χ1) is 16.1. The van der Waals surface area contributed by atoms with E-state index in [1.807, 2.05) is 16.3 Å². The van der Waals surface area contributed by atoms with Crippen molar-refractivity contribution in [1.29, 1.82) is 0 Å². The number of ether oxygens (including phenoxy) is 2. The predicted molar refractivity (Wildman–Crippen MR) is 134 cm³/mol. The highest BCUT2D eigenvalue weighted by molar-refractivity contribution is 9.10. The van der Waals surface area contributed by atoms with Gasteiger partial charge in [-0.2, -0.15) is 0 Å². The van der Waals surface area contributed by atoms with Crippen LogP contribution in [0.25, 0.3) is 0 Å². The van der Waals surface area contributed by atoms with Gasteiger partial charge in [0.2, 0.25) is 12.7 Å². The van der Waals surface area contributed by atoms with Crippen LogP contribution in [0.3, 0.4) is 0 Å². The number of hydrogen-bond acceptors (Lipinski definition) is 7. The van der Waals surface area contributed by atoms with Crippen LogP contribution in [-0.4, -0.2) is 53.7 Å². The molecule has 1 amide bonds. The largest absolute Gasteiger partial charge is 0.454 e. The van der Waals surface area contributed by atoms with Crippen LogP contribution in [0.5, 0.6) is 11.5 Å². The van der Waals surface area contributed by atoms with Crippen molar-refractivity contribution in [1.82, 2.24) is 14.8 Å². The number of halogens is 1. The number of piperazine rings is 1. The van der Waals surface area contributed by atoms with E-state index in [2.05, 4.69) is 62.2 Å². The summed E-state index contributed by atoms with van der Waals surface area (Å²) in [7, 11) is 0. The molecule has 0 atom stereocenters. The number of fused-ring (bicyclic) bond motifs is 1. The third kappa shape index (κ3) is 5.90. The first kappa shape index (κ1) is 22.7. The first-order valence-electron chi connectivity index (χ1n) is 10.8. The highest BCUT2D eigenvalue weighted by atomic mass is 79.9. The summed E-state index contributed by atoms with van der Waals surface area (Å²) in [4.78, 5) is 21.8. The average molecular weight is 547 g/mol. The summed E-state index contributed by atoms with van der Waals surface area (Å²) in [5, 5.41) is 2.01. The van der Waals surface area contributed by atoms with Crippen LogP contribution in [-0.2, 0) is 23.5 Å². The van der Waals surface area contributed by atoms with E-state index in [1.165, 1.54) is 11.1 Å². The number of nitrogens with zero attached hydrogens (tertiary/aromatic N) is 3. The number of carbonyl (C=O) groups is 1. The molecule has 172 valence electrons. The predicted octanol–water partition coefficient (Wildman–Crippen LogP) is 4.81. The number of aromatic nitrogens is 1. The summed E-state index contributed by atoms with van der Waals surface area (Å²) in [6.45, 7) is 4.38. The standard InChI is InChI=1S/C24H24BrN3O3S2/c25-19-4-1-17(2-5-19)14-32-24-26-20(15-33-24)12-23(29)28-9-7-27(8-10-28)13-18-3-6-21-22(11-18)31-16-30-21/h1-6,11,15H,7-10,12-14,16H2. The van der Waals surface area contributed by atoms with E-state index in [-0.39, 0.29) is 5.91 Å². The van der Waals surface area contributed by atoms with E-state index < -0.39 is 0 Å². The van der Waals surface area contributed by atoms with Crippen LogP contribution in [0.15, 0.2) is 56.7 Å². The normalized spacial score (nSPS) is 15.7. The van der Waals surface area contributed by atoms with Gasteiger partial charge in [0.15, 0.2) is 11.5 Å². The molecule has 0 radical (unpaired) electrons. The molecular weight excluding hydrogens is 522 g/mol. The molecule has 0 unspecified atom stereocenters. The summed E-state index contributed by atoms with van der Waals surface area (Å²) >= 11 is 6.79. The quantitative estimate of drug-likeness (QED) is 0.397. The van der Waals surface area contributed by atoms with Crippen molar-refractivity contribution < 1.29 is 14.3 Å². The Morgan fingerprint density at radius 2 is 1.79 bits per heavy atom. The van der Waals surface area contributed by atoms with E-state index in [0.717, 1.165) is 64.5 Å². The Bertz CT molecular complexity index is 1110. The molecular formula is C24H24BrN3O3S2. The molecule has 0 spiro atoms. The smallest absolute Gasteiger partial charge is 0.231 e. The molecule has 0 aliphatic carbocycles. The zero-order valence-electron chi connectivity index (χ0n) is 18.0. The lowest BCUT2D eigenvalue weighted by Crippen LogP contribution is -2.48. The summed E-state index contributed by atoms with van der Waals surface area (Å²) in [5.74, 6) is 2.66. The van der Waals surface area contributed by atoms with Gasteiger partial charge in [0.25, 0.3) is 0 Å². The van der Waals surface area contributed by atoms with E-state index in [1.54, 1.807) is 23.1 Å². The van der Waals surface area contributed by atoms with E-state index in [4.69, 9.17) is 9.47 Å². The van der Waals surface area contributed by atoms with Gasteiger partial charge in [-0.25, -0.2) is 4.98 Å². The van der Waals surface area contributed by atoms with Crippen molar-refractivity contribution in [2.75, 3.05) is 33.0 Å². The molecule has 33 heavy (non-hydrogen) atoms. The molecule has 5 rings (SSSR count). The second-order valence-electron chi connectivity index (χ2n) is 8.04. The van der Waals surface area contributed by atoms with Gasteiger partial charge in [-0.3, -0.25) is 9.69 Å². The van der Waals surface area contributed by atoms with Crippen molar-refractivity contribution in [3.8, 4) is 11.5 Å². The molecule has 2 aliphatic rings. The van der Waals surface area contributed by atoms with Gasteiger partial charge in [-0.1, -0.05) is 45.9 Å². The van der Waals surface area contributed by atoms with Gasteiger partial charge in [0.1, 0.15) is 4.34 Å². The Hall–Kier alpha value is -2.07. The van der Waals surface area contributed by atoms with E-state index >= 15 is 0 Å². The lowest BCUT2D eigenvalue weighted by atomic mass is 10.1. The number of rotatable bonds is 7. The maximum Gasteiger partial charge on any atom is 0.231 e. The minimum absolute atomic E-state index is 0.160. The molecule has 0 bridgehead atoms. The number of thiazole rings is 1. The fourth-order valence-electron chi connectivity index (χ4n) is 3.88. The molecule has 0 saturated carbocycles. The van der Waals surface area contributed by atoms with Gasteiger partial charge < -0.3 is 14.4 Å². The van der Waals surface area contributed by atoms with Crippen molar-refractivity contribution in [3.05, 3.63) is 69.1 Å². The Morgan fingerprint density at radius 3 is 2.61 bits per heavy atom. The summed E-state index contributed by atoms with van der Waals surface area (Å²) in [6, 6.07) is 14.4. The zero-order valence-corrected chi connectivity index (χ0v) is 21.3. The highest BCUT2D eigenvalue weighted by Crippen LogP contribution is 2.33. The maximum absolute atomic E-state index is 12.8. The Kier molecular flexibility index (Phi) is 7.20. The number of benzene rings is 2. The third-order valence-corrected chi connectivity index (χ3v) is 8.38. The zero-order chi connectivity index (χ0) is 22.6. The van der Waals surface area contributed by atoms with Gasteiger partial charge in [0.05, 0.1) is 12.1 Å². The number of carbonyl (C=O) groups excluding carboxylic acids is 1. The fraction of sp³-hybridized carbons (Fsp3) is 0.333. The molecule has 1 fully saturated rings. The Morgan fingerprint density at radius 1 is 1.03 bits per heavy atom. The number of thioether (sulfide) groups is 1. The lowest BCUT2D eigenvalue weighted by Gasteiger charge is -2.34. The highest BCUT2D eigenvalue weighted by Gasteiger charge is 2.23. The lowest BCUT2D eigenvalue weighted by molar-refractivity contribution is -0.132. The van der Waals surface area contributed by atoms with E-state index in [0.29, 0.717) is 13.2 Å². The summed E-state index contributed by atoms with van der Waals surface area (Å²) < 4.78 is 13.0. The molecule has 6 nitrogen and oxygen atoms in total. The van der Waals surface area contributed by atoms with Gasteiger partial charge >= 0.3 is 0 Å². The molecule has 1 saturated heterocycles. The van der Waals surface area contributed by atoms with Crippen molar-refractivity contribution in [2.24, 2.45) is 0 Å². The summed E-state index contributed by atoms with van der Waals surface area (Å²) in [6.07, 6.45) is 0.373. The molecule has 3 aromatic rings. The SMILES string of the molecule is O=C(Cc1csc(SCc2ccc(Br)cc2)n1)N1CCN(Cc2ccc3c(c2)OCO3)CC1. The molecule has 1 aromatic heterocycles. The van der Waals surface area contributed by atoms with E-state index in [9.17, 15) is 4.79 Å². The van der Waals surface area contributed by atoms with Crippen LogP contribution in [0.2, 0.25) is 0 Å². The number of amides is 1. The second-order valence-corrected chi connectivity index (χ2v) is 11.0. The molecule has 0 N–H and O–H groups in total. The minimum Gasteiger partial charge on any atom is -0.454 e. The van der Waals surface area contributed by atoms with Crippen molar-refractivity contribution in [3.63, 3.8) is 0 Å².